The summed E-state index contributed by atoms with van der Waals surface area (Å²) in [5, 5.41) is 2.72. The summed E-state index contributed by atoms with van der Waals surface area (Å²) >= 11 is 0. The van der Waals surface area contributed by atoms with E-state index in [1.807, 2.05) is 18.6 Å². The number of sulfonamides is 1. The van der Waals surface area contributed by atoms with Gasteiger partial charge in [-0.15, -0.1) is 0 Å². The third-order valence-corrected chi connectivity index (χ3v) is 4.65. The quantitative estimate of drug-likeness (QED) is 0.822. The minimum absolute atomic E-state index is 0.142. The summed E-state index contributed by atoms with van der Waals surface area (Å²) in [5.41, 5.74) is -0.0484. The summed E-state index contributed by atoms with van der Waals surface area (Å²) < 4.78 is 53.1. The number of benzene rings is 2. The van der Waals surface area contributed by atoms with Gasteiger partial charge < -0.3 is 5.32 Å². The van der Waals surface area contributed by atoms with Gasteiger partial charge in [-0.05, 0) is 42.3 Å². The molecule has 0 spiro atoms. The van der Waals surface area contributed by atoms with Crippen LogP contribution in [0.25, 0.3) is 0 Å². The molecule has 0 radical (unpaired) electrons. The molecule has 0 saturated carbocycles. The fourth-order valence-electron chi connectivity index (χ4n) is 1.96. The highest BCUT2D eigenvalue weighted by atomic mass is 32.2. The fourth-order valence-corrected chi connectivity index (χ4v) is 3.03. The van der Waals surface area contributed by atoms with Crippen molar-refractivity contribution in [3.63, 3.8) is 0 Å². The Hall–Kier alpha value is -2.48. The highest BCUT2D eigenvalue weighted by Crippen LogP contribution is 2.20. The maximum Gasteiger partial charge on any atom is 0.261 e. The Balaban J connectivity index is 2.16. The van der Waals surface area contributed by atoms with Crippen LogP contribution < -0.4 is 10.0 Å². The first-order chi connectivity index (χ1) is 11.7. The lowest BCUT2D eigenvalue weighted by Gasteiger charge is -2.10. The second kappa shape index (κ2) is 7.60. The number of carbonyl (C=O) groups is 1. The number of nitrogens with one attached hydrogen (secondary N) is 2. The minimum Gasteiger partial charge on any atom is -0.352 e. The second-order valence-electron chi connectivity index (χ2n) is 5.86. The van der Waals surface area contributed by atoms with E-state index in [1.54, 1.807) is 0 Å². The second-order valence-corrected chi connectivity index (χ2v) is 7.54. The van der Waals surface area contributed by atoms with Crippen LogP contribution in [0, 0.1) is 17.6 Å². The van der Waals surface area contributed by atoms with Gasteiger partial charge in [0.05, 0.1) is 10.6 Å². The van der Waals surface area contributed by atoms with E-state index in [2.05, 4.69) is 5.32 Å². The van der Waals surface area contributed by atoms with Crippen molar-refractivity contribution in [1.29, 1.82) is 0 Å². The molecule has 134 valence electrons. The van der Waals surface area contributed by atoms with E-state index < -0.39 is 21.7 Å². The van der Waals surface area contributed by atoms with Gasteiger partial charge in [0.2, 0.25) is 0 Å². The molecule has 25 heavy (non-hydrogen) atoms. The summed E-state index contributed by atoms with van der Waals surface area (Å²) in [5.74, 6) is -1.85. The number of rotatable bonds is 6. The lowest BCUT2D eigenvalue weighted by atomic mass is 10.2. The van der Waals surface area contributed by atoms with Crippen molar-refractivity contribution in [2.75, 3.05) is 11.3 Å². The van der Waals surface area contributed by atoms with E-state index in [-0.39, 0.29) is 16.5 Å². The number of amides is 1. The molecule has 0 aromatic heterocycles. The van der Waals surface area contributed by atoms with Crippen molar-refractivity contribution in [2.45, 2.75) is 18.7 Å². The number of hydrogen-bond donors (Lipinski definition) is 2. The van der Waals surface area contributed by atoms with E-state index in [9.17, 15) is 22.0 Å². The third-order valence-electron chi connectivity index (χ3n) is 3.27. The van der Waals surface area contributed by atoms with E-state index in [0.29, 0.717) is 24.1 Å². The predicted molar refractivity (Wildman–Crippen MR) is 90.8 cm³/mol. The fraction of sp³-hybridized carbons (Fsp3) is 0.235. The summed E-state index contributed by atoms with van der Waals surface area (Å²) in [6.07, 6.45) is 0. The molecule has 0 aliphatic carbocycles. The first-order valence-electron chi connectivity index (χ1n) is 7.55. The molecule has 0 fully saturated rings. The van der Waals surface area contributed by atoms with Crippen molar-refractivity contribution in [3.05, 3.63) is 59.7 Å². The molecule has 0 unspecified atom stereocenters. The van der Waals surface area contributed by atoms with E-state index in [1.165, 1.54) is 24.3 Å². The lowest BCUT2D eigenvalue weighted by Crippen LogP contribution is -2.27. The Morgan fingerprint density at radius 3 is 2.28 bits per heavy atom. The van der Waals surface area contributed by atoms with Crippen LogP contribution in [0.2, 0.25) is 0 Å². The van der Waals surface area contributed by atoms with Crippen molar-refractivity contribution < 1.29 is 22.0 Å². The molecule has 0 aliphatic rings. The van der Waals surface area contributed by atoms with Gasteiger partial charge >= 0.3 is 0 Å². The molecular weight excluding hydrogens is 350 g/mol. The zero-order valence-corrected chi connectivity index (χ0v) is 14.5. The summed E-state index contributed by atoms with van der Waals surface area (Å²) in [6.45, 7) is 4.41. The molecular formula is C17H18F2N2O3S. The van der Waals surface area contributed by atoms with Crippen LogP contribution in [0.4, 0.5) is 14.5 Å². The van der Waals surface area contributed by atoms with Gasteiger partial charge in [0.15, 0.2) is 0 Å². The standard InChI is InChI=1S/C17H18F2N2O3S/c1-11(2)10-20-17(22)12-3-6-14(7-4-12)25(23,24)21-16-8-5-13(18)9-15(16)19/h3-9,11,21H,10H2,1-2H3,(H,20,22). The van der Waals surface area contributed by atoms with Crippen molar-refractivity contribution >= 4 is 21.6 Å². The van der Waals surface area contributed by atoms with Gasteiger partial charge in [-0.3, -0.25) is 9.52 Å². The largest absolute Gasteiger partial charge is 0.352 e. The van der Waals surface area contributed by atoms with Gasteiger partial charge in [-0.1, -0.05) is 13.8 Å². The molecule has 0 aliphatic heterocycles. The van der Waals surface area contributed by atoms with Crippen LogP contribution in [0.3, 0.4) is 0 Å². The third kappa shape index (κ3) is 4.99. The first kappa shape index (κ1) is 18.9. The first-order valence-corrected chi connectivity index (χ1v) is 9.03. The summed E-state index contributed by atoms with van der Waals surface area (Å²) in [4.78, 5) is 11.8. The van der Waals surface area contributed by atoms with Crippen LogP contribution in [-0.4, -0.2) is 20.9 Å². The molecule has 8 heteroatoms. The number of hydrogen-bond acceptors (Lipinski definition) is 3. The molecule has 2 aromatic rings. The minimum atomic E-state index is -4.06. The zero-order valence-electron chi connectivity index (χ0n) is 13.7. The predicted octanol–water partition coefficient (Wildman–Crippen LogP) is 3.15. The van der Waals surface area contributed by atoms with Crippen molar-refractivity contribution in [2.24, 2.45) is 5.92 Å². The van der Waals surface area contributed by atoms with Gasteiger partial charge in [0, 0.05) is 18.2 Å². The van der Waals surface area contributed by atoms with Crippen LogP contribution in [0.15, 0.2) is 47.4 Å². The Bertz CT molecular complexity index is 866. The van der Waals surface area contributed by atoms with E-state index in [0.717, 1.165) is 12.1 Å². The zero-order chi connectivity index (χ0) is 18.6. The van der Waals surface area contributed by atoms with Gasteiger partial charge in [0.1, 0.15) is 11.6 Å². The van der Waals surface area contributed by atoms with Crippen LogP contribution in [-0.2, 0) is 10.0 Å². The summed E-state index contributed by atoms with van der Waals surface area (Å²) in [6, 6.07) is 7.75. The van der Waals surface area contributed by atoms with Crippen LogP contribution in [0.5, 0.6) is 0 Å². The maximum atomic E-state index is 13.6. The van der Waals surface area contributed by atoms with Gasteiger partial charge in [0.25, 0.3) is 15.9 Å². The molecule has 0 saturated heterocycles. The number of carbonyl (C=O) groups excluding carboxylic acids is 1. The Morgan fingerprint density at radius 2 is 1.72 bits per heavy atom. The molecule has 5 nitrogen and oxygen atoms in total. The van der Waals surface area contributed by atoms with Gasteiger partial charge in [-0.2, -0.15) is 0 Å². The smallest absolute Gasteiger partial charge is 0.261 e. The maximum absolute atomic E-state index is 13.6. The Kier molecular flexibility index (Phi) is 5.73. The SMILES string of the molecule is CC(C)CNC(=O)c1ccc(S(=O)(=O)Nc2ccc(F)cc2F)cc1. The molecule has 0 bridgehead atoms. The average molecular weight is 368 g/mol. The monoisotopic (exact) mass is 368 g/mol. The Labute approximate surface area is 145 Å². The molecule has 0 atom stereocenters. The molecule has 2 N–H and O–H groups in total. The Morgan fingerprint density at radius 1 is 1.08 bits per heavy atom. The molecule has 2 rings (SSSR count). The van der Waals surface area contributed by atoms with E-state index in [4.69, 9.17) is 0 Å². The summed E-state index contributed by atoms with van der Waals surface area (Å²) in [7, 11) is -4.06. The lowest BCUT2D eigenvalue weighted by molar-refractivity contribution is 0.0949. The number of anilines is 1. The van der Waals surface area contributed by atoms with Crippen molar-refractivity contribution in [3.8, 4) is 0 Å². The highest BCUT2D eigenvalue weighted by Gasteiger charge is 2.17. The molecule has 0 heterocycles. The number of halogens is 2. The van der Waals surface area contributed by atoms with Crippen LogP contribution >= 0.6 is 0 Å². The van der Waals surface area contributed by atoms with Crippen molar-refractivity contribution in [1.82, 2.24) is 5.32 Å². The van der Waals surface area contributed by atoms with Crippen LogP contribution in [0.1, 0.15) is 24.2 Å². The normalized spacial score (nSPS) is 11.4. The highest BCUT2D eigenvalue weighted by molar-refractivity contribution is 7.92. The molecule has 2 aromatic carbocycles. The topological polar surface area (TPSA) is 75.3 Å². The average Bonchev–Trinajstić information content (AvgIpc) is 2.55. The van der Waals surface area contributed by atoms with Gasteiger partial charge in [-0.25, -0.2) is 17.2 Å². The van der Waals surface area contributed by atoms with E-state index >= 15 is 0 Å². The molecule has 1 amide bonds.